The van der Waals surface area contributed by atoms with Crippen molar-refractivity contribution >= 4 is 41.3 Å². The Morgan fingerprint density at radius 3 is 2.53 bits per heavy atom. The summed E-state index contributed by atoms with van der Waals surface area (Å²) in [7, 11) is 0. The molecule has 0 aliphatic heterocycles. The number of ether oxygens (including phenoxy) is 2. The number of amides is 1. The van der Waals surface area contributed by atoms with Gasteiger partial charge in [0.15, 0.2) is 11.5 Å². The molecule has 32 heavy (non-hydrogen) atoms. The van der Waals surface area contributed by atoms with E-state index in [1.165, 1.54) is 36.5 Å². The van der Waals surface area contributed by atoms with Crippen LogP contribution in [0, 0.1) is 0 Å². The molecule has 2 N–H and O–H groups in total. The number of para-hydroxylation sites is 1. The van der Waals surface area contributed by atoms with E-state index >= 15 is 0 Å². The molecule has 0 unspecified atom stereocenters. The summed E-state index contributed by atoms with van der Waals surface area (Å²) in [5.41, 5.74) is 3.18. The van der Waals surface area contributed by atoms with E-state index in [1.54, 1.807) is 37.3 Å². The molecule has 1 amide bonds. The van der Waals surface area contributed by atoms with Crippen molar-refractivity contribution in [3.05, 3.63) is 87.4 Å². The van der Waals surface area contributed by atoms with Gasteiger partial charge in [0.2, 0.25) is 0 Å². The molecule has 0 atom stereocenters. The van der Waals surface area contributed by atoms with Crippen LogP contribution in [0.25, 0.3) is 0 Å². The fraction of sp³-hybridized carbons (Fsp3) is 0.0870. The van der Waals surface area contributed by atoms with Gasteiger partial charge in [0.05, 0.1) is 29.0 Å². The van der Waals surface area contributed by atoms with Crippen molar-refractivity contribution in [3.8, 4) is 17.2 Å². The molecular weight excluding hydrogens is 455 g/mol. The molecule has 0 fully saturated rings. The van der Waals surface area contributed by atoms with Gasteiger partial charge in [-0.15, -0.1) is 0 Å². The first-order chi connectivity index (χ1) is 15.4. The van der Waals surface area contributed by atoms with Crippen molar-refractivity contribution in [2.45, 2.75) is 6.92 Å². The Morgan fingerprint density at radius 2 is 1.81 bits per heavy atom. The van der Waals surface area contributed by atoms with E-state index in [2.05, 4.69) is 10.5 Å². The zero-order valence-electron chi connectivity index (χ0n) is 16.8. The topological polar surface area (TPSA) is 97.2 Å². The number of phenolic OH excluding ortho intramolecular Hbond substituents is 1. The Morgan fingerprint density at radius 1 is 1.03 bits per heavy atom. The number of esters is 1. The van der Waals surface area contributed by atoms with Gasteiger partial charge in [-0.3, -0.25) is 4.79 Å². The molecule has 7 nitrogen and oxygen atoms in total. The van der Waals surface area contributed by atoms with Crippen LogP contribution in [0.2, 0.25) is 10.0 Å². The number of rotatable bonds is 7. The predicted octanol–water partition coefficient (Wildman–Crippen LogP) is 5.08. The predicted molar refractivity (Wildman–Crippen MR) is 122 cm³/mol. The van der Waals surface area contributed by atoms with Gasteiger partial charge in [-0.05, 0) is 61.0 Å². The average molecular weight is 473 g/mol. The number of hydrogen-bond acceptors (Lipinski definition) is 6. The zero-order chi connectivity index (χ0) is 23.1. The second-order valence-corrected chi connectivity index (χ2v) is 7.21. The van der Waals surface area contributed by atoms with E-state index in [0.29, 0.717) is 22.9 Å². The molecule has 3 rings (SSSR count). The first-order valence-corrected chi connectivity index (χ1v) is 10.2. The number of aromatic hydroxyl groups is 1. The summed E-state index contributed by atoms with van der Waals surface area (Å²) in [6.45, 7) is 2.12. The lowest BCUT2D eigenvalue weighted by Gasteiger charge is -2.12. The molecule has 9 heteroatoms. The maximum absolute atomic E-state index is 12.5. The minimum Gasteiger partial charge on any atom is -0.507 e. The fourth-order valence-corrected chi connectivity index (χ4v) is 3.14. The van der Waals surface area contributed by atoms with Gasteiger partial charge in [0.1, 0.15) is 5.75 Å². The van der Waals surface area contributed by atoms with Crippen molar-refractivity contribution in [2.75, 3.05) is 6.61 Å². The lowest BCUT2D eigenvalue weighted by molar-refractivity contribution is 0.0728. The van der Waals surface area contributed by atoms with Crippen LogP contribution < -0.4 is 14.9 Å². The number of carbonyl (C=O) groups excluding carboxylic acids is 2. The molecule has 164 valence electrons. The van der Waals surface area contributed by atoms with Crippen molar-refractivity contribution in [1.82, 2.24) is 5.43 Å². The Labute approximate surface area is 194 Å². The molecule has 0 aromatic heterocycles. The van der Waals surface area contributed by atoms with E-state index in [1.807, 2.05) is 0 Å². The number of carbonyl (C=O) groups is 2. The summed E-state index contributed by atoms with van der Waals surface area (Å²) in [4.78, 5) is 24.6. The number of hydrogen-bond donors (Lipinski definition) is 2. The van der Waals surface area contributed by atoms with Gasteiger partial charge >= 0.3 is 5.97 Å². The monoisotopic (exact) mass is 472 g/mol. The first-order valence-electron chi connectivity index (χ1n) is 9.44. The van der Waals surface area contributed by atoms with Crippen LogP contribution in [0.5, 0.6) is 17.2 Å². The Balaban J connectivity index is 1.74. The molecular formula is C23H18Cl2N2O5. The third-order valence-electron chi connectivity index (χ3n) is 4.15. The Kier molecular flexibility index (Phi) is 7.70. The van der Waals surface area contributed by atoms with Crippen molar-refractivity contribution < 1.29 is 24.2 Å². The molecule has 0 saturated carbocycles. The molecule has 0 bridgehead atoms. The maximum atomic E-state index is 12.5. The van der Waals surface area contributed by atoms with Gasteiger partial charge < -0.3 is 14.6 Å². The SMILES string of the molecule is CCOc1cc(C=NNC(=O)c2ccccc2O)ccc1OC(=O)c1ccc(Cl)cc1Cl. The normalized spacial score (nSPS) is 10.7. The summed E-state index contributed by atoms with van der Waals surface area (Å²) in [6, 6.07) is 15.4. The number of nitrogens with zero attached hydrogens (tertiary/aromatic N) is 1. The second-order valence-electron chi connectivity index (χ2n) is 6.37. The molecule has 0 heterocycles. The first kappa shape index (κ1) is 23.1. The van der Waals surface area contributed by atoms with Crippen LogP contribution in [0.15, 0.2) is 65.8 Å². The molecule has 0 aliphatic rings. The fourth-order valence-electron chi connectivity index (χ4n) is 2.66. The zero-order valence-corrected chi connectivity index (χ0v) is 18.4. The van der Waals surface area contributed by atoms with Crippen LogP contribution in [-0.4, -0.2) is 29.8 Å². The number of benzene rings is 3. The number of phenols is 1. The molecule has 3 aromatic carbocycles. The molecule has 0 spiro atoms. The van der Waals surface area contributed by atoms with E-state index in [4.69, 9.17) is 32.7 Å². The van der Waals surface area contributed by atoms with Gasteiger partial charge in [0.25, 0.3) is 5.91 Å². The van der Waals surface area contributed by atoms with E-state index in [9.17, 15) is 14.7 Å². The highest BCUT2D eigenvalue weighted by Crippen LogP contribution is 2.30. The summed E-state index contributed by atoms with van der Waals surface area (Å²) >= 11 is 11.9. The largest absolute Gasteiger partial charge is 0.507 e. The van der Waals surface area contributed by atoms with E-state index < -0.39 is 11.9 Å². The highest BCUT2D eigenvalue weighted by Gasteiger charge is 2.16. The number of halogens is 2. The third-order valence-corrected chi connectivity index (χ3v) is 4.70. The average Bonchev–Trinajstić information content (AvgIpc) is 2.75. The number of hydrazone groups is 1. The van der Waals surface area contributed by atoms with Crippen molar-refractivity contribution in [2.24, 2.45) is 5.10 Å². The van der Waals surface area contributed by atoms with Gasteiger partial charge in [-0.25, -0.2) is 10.2 Å². The van der Waals surface area contributed by atoms with Crippen LogP contribution in [-0.2, 0) is 0 Å². The summed E-state index contributed by atoms with van der Waals surface area (Å²) in [5, 5.41) is 14.2. The highest BCUT2D eigenvalue weighted by atomic mass is 35.5. The van der Waals surface area contributed by atoms with Crippen LogP contribution in [0.4, 0.5) is 0 Å². The number of nitrogens with one attached hydrogen (secondary N) is 1. The highest BCUT2D eigenvalue weighted by molar-refractivity contribution is 6.36. The maximum Gasteiger partial charge on any atom is 0.345 e. The van der Waals surface area contributed by atoms with Crippen LogP contribution >= 0.6 is 23.2 Å². The molecule has 3 aromatic rings. The van der Waals surface area contributed by atoms with Crippen molar-refractivity contribution in [3.63, 3.8) is 0 Å². The summed E-state index contributed by atoms with van der Waals surface area (Å²) in [6.07, 6.45) is 1.39. The lowest BCUT2D eigenvalue weighted by atomic mass is 10.2. The van der Waals surface area contributed by atoms with Gasteiger partial charge in [-0.2, -0.15) is 5.10 Å². The smallest absolute Gasteiger partial charge is 0.345 e. The summed E-state index contributed by atoms with van der Waals surface area (Å²) in [5.74, 6) is -0.871. The standard InChI is InChI=1S/C23H18Cl2N2O5/c1-2-31-21-11-14(13-26-27-22(29)17-5-3-4-6-19(17)28)7-10-20(21)32-23(30)16-9-8-15(24)12-18(16)25/h3-13,28H,2H2,1H3,(H,27,29). The van der Waals surface area contributed by atoms with Gasteiger partial charge in [0, 0.05) is 5.02 Å². The van der Waals surface area contributed by atoms with Gasteiger partial charge in [-0.1, -0.05) is 35.3 Å². The van der Waals surface area contributed by atoms with Crippen LogP contribution in [0.1, 0.15) is 33.2 Å². The van der Waals surface area contributed by atoms with Crippen molar-refractivity contribution in [1.29, 1.82) is 0 Å². The molecule has 0 radical (unpaired) electrons. The second kappa shape index (κ2) is 10.7. The Bertz CT molecular complexity index is 1180. The molecule has 0 aliphatic carbocycles. The quantitative estimate of drug-likeness (QED) is 0.216. The Hall–Kier alpha value is -3.55. The van der Waals surface area contributed by atoms with E-state index in [-0.39, 0.29) is 27.6 Å². The summed E-state index contributed by atoms with van der Waals surface area (Å²) < 4.78 is 11.0. The minimum absolute atomic E-state index is 0.0998. The van der Waals surface area contributed by atoms with Crippen LogP contribution in [0.3, 0.4) is 0 Å². The minimum atomic E-state index is -0.663. The third kappa shape index (κ3) is 5.78. The van der Waals surface area contributed by atoms with E-state index in [0.717, 1.165) is 0 Å². The molecule has 0 saturated heterocycles. The lowest BCUT2D eigenvalue weighted by Crippen LogP contribution is -2.17.